The van der Waals surface area contributed by atoms with E-state index >= 15 is 0 Å². The van der Waals surface area contributed by atoms with Crippen molar-refractivity contribution in [2.75, 3.05) is 14.7 Å². The van der Waals surface area contributed by atoms with Crippen molar-refractivity contribution >= 4 is 95.0 Å². The molecule has 3 heterocycles. The summed E-state index contributed by atoms with van der Waals surface area (Å²) < 4.78 is 2.76. The third-order valence-electron chi connectivity index (χ3n) is 16.7. The van der Waals surface area contributed by atoms with Crippen molar-refractivity contribution in [3.63, 3.8) is 0 Å². The van der Waals surface area contributed by atoms with Gasteiger partial charge in [-0.3, -0.25) is 0 Å². The molecule has 0 spiro atoms. The number of benzene rings is 7. The van der Waals surface area contributed by atoms with Crippen molar-refractivity contribution in [3.05, 3.63) is 179 Å². The van der Waals surface area contributed by atoms with E-state index in [2.05, 4.69) is 271 Å². The lowest BCUT2D eigenvalue weighted by Crippen LogP contribution is -2.61. The van der Waals surface area contributed by atoms with Crippen molar-refractivity contribution in [3.8, 4) is 0 Å². The summed E-state index contributed by atoms with van der Waals surface area (Å²) >= 11 is 2.02. The van der Waals surface area contributed by atoms with Gasteiger partial charge in [0.15, 0.2) is 0 Å². The summed E-state index contributed by atoms with van der Waals surface area (Å²) in [4.78, 5) is 7.84. The molecule has 0 N–H and O–H groups in total. The fraction of sp³-hybridized carbons (Fsp3) is 0.353. The minimum atomic E-state index is -0.0778. The first-order chi connectivity index (χ1) is 34.2. The van der Waals surface area contributed by atoms with E-state index in [9.17, 15) is 0 Å². The molecule has 3 aliphatic rings. The first-order valence-corrected chi connectivity index (χ1v) is 27.7. The average molecular weight is 978 g/mol. The number of hydrogen-bond donors (Lipinski definition) is 0. The lowest BCUT2D eigenvalue weighted by Gasteiger charge is -2.47. The van der Waals surface area contributed by atoms with Gasteiger partial charge in [0.2, 0.25) is 0 Å². The second kappa shape index (κ2) is 16.7. The number of nitrogens with zero attached hydrogens (tertiary/aromatic N) is 3. The largest absolute Gasteiger partial charge is 0.311 e. The molecule has 0 bridgehead atoms. The summed E-state index contributed by atoms with van der Waals surface area (Å²) in [5.74, 6) is 0. The Hall–Kier alpha value is -6.04. The second-order valence-electron chi connectivity index (χ2n) is 27.1. The third kappa shape index (κ3) is 8.33. The standard InChI is InChI=1S/C68H76BN3S/c1-63(2,3)43-27-30-49(31-28-43)72-58-40-51(70(47-23-19-17-20-24-47)48-25-21-18-22-26-48)39-57-60(58)69(62-61(72)52-32-29-44(64(4,5)6)38-59(52)73-62)55-41-53-54(68(15,16)34-33-67(53,13)14)42-56(55)71(57)50-36-45(65(7,8)9)35-46(37-50)66(10,11)12/h17-32,35-42H,33-34H2,1-16H3. The molecule has 8 aromatic rings. The first kappa shape index (κ1) is 49.2. The molecule has 0 saturated carbocycles. The van der Waals surface area contributed by atoms with Gasteiger partial charge >= 0.3 is 0 Å². The molecule has 5 heteroatoms. The zero-order valence-corrected chi connectivity index (χ0v) is 47.4. The average Bonchev–Trinajstić information content (AvgIpc) is 3.71. The molecule has 1 aromatic heterocycles. The molecule has 3 nitrogen and oxygen atoms in total. The van der Waals surface area contributed by atoms with Crippen molar-refractivity contribution in [2.24, 2.45) is 0 Å². The Balaban J connectivity index is 1.34. The van der Waals surface area contributed by atoms with Gasteiger partial charge in [0.1, 0.15) is 0 Å². The van der Waals surface area contributed by atoms with Gasteiger partial charge in [-0.15, -0.1) is 11.3 Å². The number of fused-ring (bicyclic) bond motifs is 7. The van der Waals surface area contributed by atoms with Crippen LogP contribution in [-0.2, 0) is 32.5 Å². The molecule has 0 amide bonds. The van der Waals surface area contributed by atoms with Crippen LogP contribution in [0, 0.1) is 0 Å². The van der Waals surface area contributed by atoms with Crippen LogP contribution < -0.4 is 30.4 Å². The van der Waals surface area contributed by atoms with Gasteiger partial charge in [0.05, 0.1) is 11.4 Å². The van der Waals surface area contributed by atoms with Crippen LogP contribution in [-0.4, -0.2) is 6.71 Å². The van der Waals surface area contributed by atoms with E-state index < -0.39 is 0 Å². The highest BCUT2D eigenvalue weighted by molar-refractivity contribution is 7.33. The molecule has 0 atom stereocenters. The van der Waals surface area contributed by atoms with E-state index in [1.54, 1.807) is 0 Å². The molecule has 372 valence electrons. The second-order valence-corrected chi connectivity index (χ2v) is 28.2. The Morgan fingerprint density at radius 3 is 1.47 bits per heavy atom. The maximum atomic E-state index is 2.71. The molecular weight excluding hydrogens is 902 g/mol. The van der Waals surface area contributed by atoms with Gasteiger partial charge in [0.25, 0.3) is 6.71 Å². The number of rotatable bonds is 5. The summed E-state index contributed by atoms with van der Waals surface area (Å²) in [6, 6.07) is 56.8. The Kier molecular flexibility index (Phi) is 11.3. The van der Waals surface area contributed by atoms with E-state index in [4.69, 9.17) is 0 Å². The molecule has 73 heavy (non-hydrogen) atoms. The van der Waals surface area contributed by atoms with Gasteiger partial charge in [0, 0.05) is 54.7 Å². The molecular formula is C68H76BN3S. The van der Waals surface area contributed by atoms with E-state index in [1.165, 1.54) is 93.3 Å². The van der Waals surface area contributed by atoms with Crippen LogP contribution in [0.3, 0.4) is 0 Å². The molecule has 0 fully saturated rings. The topological polar surface area (TPSA) is 9.72 Å². The zero-order valence-electron chi connectivity index (χ0n) is 46.6. The van der Waals surface area contributed by atoms with E-state index in [0.29, 0.717) is 0 Å². The Morgan fingerprint density at radius 1 is 0.452 bits per heavy atom. The summed E-state index contributed by atoms with van der Waals surface area (Å²) in [7, 11) is 0. The lowest BCUT2D eigenvalue weighted by atomic mass is 9.35. The number of hydrogen-bond acceptors (Lipinski definition) is 4. The summed E-state index contributed by atoms with van der Waals surface area (Å²) in [6.07, 6.45) is 2.31. The molecule has 0 unspecified atom stereocenters. The quantitative estimate of drug-likeness (QED) is 0.159. The Bertz CT molecular complexity index is 3370. The van der Waals surface area contributed by atoms with Gasteiger partial charge in [-0.05, 0) is 162 Å². The first-order valence-electron chi connectivity index (χ1n) is 26.9. The van der Waals surface area contributed by atoms with E-state index in [1.807, 2.05) is 11.3 Å². The molecule has 11 rings (SSSR count). The zero-order chi connectivity index (χ0) is 51.9. The summed E-state index contributed by atoms with van der Waals surface area (Å²) in [5.41, 5.74) is 21.8. The van der Waals surface area contributed by atoms with Gasteiger partial charge in [-0.1, -0.05) is 184 Å². The van der Waals surface area contributed by atoms with Gasteiger partial charge < -0.3 is 14.7 Å². The highest BCUT2D eigenvalue weighted by atomic mass is 32.1. The fourth-order valence-electron chi connectivity index (χ4n) is 12.0. The van der Waals surface area contributed by atoms with Gasteiger partial charge in [-0.25, -0.2) is 0 Å². The lowest BCUT2D eigenvalue weighted by molar-refractivity contribution is 0.332. The molecule has 0 saturated heterocycles. The van der Waals surface area contributed by atoms with Crippen molar-refractivity contribution < 1.29 is 0 Å². The van der Waals surface area contributed by atoms with E-state index in [-0.39, 0.29) is 39.2 Å². The molecule has 7 aromatic carbocycles. The third-order valence-corrected chi connectivity index (χ3v) is 17.9. The van der Waals surface area contributed by atoms with Crippen molar-refractivity contribution in [1.29, 1.82) is 0 Å². The van der Waals surface area contributed by atoms with Crippen LogP contribution >= 0.6 is 11.3 Å². The van der Waals surface area contributed by atoms with Crippen LogP contribution in [0.25, 0.3) is 10.1 Å². The number of anilines is 9. The van der Waals surface area contributed by atoms with Gasteiger partial charge in [-0.2, -0.15) is 0 Å². The highest BCUT2D eigenvalue weighted by Crippen LogP contribution is 2.54. The van der Waals surface area contributed by atoms with Crippen molar-refractivity contribution in [1.82, 2.24) is 0 Å². The predicted octanol–water partition coefficient (Wildman–Crippen LogP) is 18.0. The minimum absolute atomic E-state index is 0.00736. The Labute approximate surface area is 442 Å². The molecule has 0 radical (unpaired) electrons. The summed E-state index contributed by atoms with van der Waals surface area (Å²) in [5, 5.41) is 1.31. The normalized spacial score (nSPS) is 16.0. The van der Waals surface area contributed by atoms with Crippen molar-refractivity contribution in [2.45, 2.75) is 156 Å². The predicted molar refractivity (Wildman–Crippen MR) is 321 cm³/mol. The van der Waals surface area contributed by atoms with Crippen LogP contribution in [0.2, 0.25) is 0 Å². The minimum Gasteiger partial charge on any atom is -0.311 e. The van der Waals surface area contributed by atoms with Crippen LogP contribution in [0.15, 0.2) is 146 Å². The van der Waals surface area contributed by atoms with E-state index in [0.717, 1.165) is 29.9 Å². The Morgan fingerprint density at radius 2 is 0.945 bits per heavy atom. The maximum absolute atomic E-state index is 2.71. The van der Waals surface area contributed by atoms with Crippen LogP contribution in [0.5, 0.6) is 0 Å². The smallest absolute Gasteiger partial charge is 0.264 e. The SMILES string of the molecule is CC(C)(C)c1ccc(N2c3cc(N(c4ccccc4)c4ccccc4)cc4c3B(c3cc5c(cc3N4c3cc(C(C)(C)C)cc(C(C)(C)C)c3)C(C)(C)CCC5(C)C)c3sc4cc(C(C)(C)C)ccc4c32)cc1. The molecule has 1 aliphatic carbocycles. The van der Waals surface area contributed by atoms with Crippen LogP contribution in [0.1, 0.15) is 157 Å². The molecule has 2 aliphatic heterocycles. The monoisotopic (exact) mass is 978 g/mol. The summed E-state index contributed by atoms with van der Waals surface area (Å²) in [6.45, 7) is 38.2. The fourth-order valence-corrected chi connectivity index (χ4v) is 13.3. The highest BCUT2D eigenvalue weighted by Gasteiger charge is 2.48. The van der Waals surface area contributed by atoms with Crippen LogP contribution in [0.4, 0.5) is 51.2 Å². The maximum Gasteiger partial charge on any atom is 0.264 e. The number of thiophene rings is 1. The number of para-hydroxylation sites is 2.